The summed E-state index contributed by atoms with van der Waals surface area (Å²) in [5.74, 6) is -2.41. The van der Waals surface area contributed by atoms with Gasteiger partial charge in [0.1, 0.15) is 16.4 Å². The Balaban J connectivity index is 1.97. The van der Waals surface area contributed by atoms with E-state index in [0.717, 1.165) is 10.9 Å². The topological polar surface area (TPSA) is 117 Å². The zero-order valence-electron chi connectivity index (χ0n) is 20.9. The molecule has 13 heteroatoms. The van der Waals surface area contributed by atoms with Gasteiger partial charge in [-0.25, -0.2) is 9.18 Å². The van der Waals surface area contributed by atoms with Crippen molar-refractivity contribution in [3.05, 3.63) is 44.5 Å². The van der Waals surface area contributed by atoms with Crippen molar-refractivity contribution in [2.45, 2.75) is 45.1 Å². The Morgan fingerprint density at radius 1 is 1.22 bits per heavy atom. The Kier molecular flexibility index (Phi) is 8.40. The first-order chi connectivity index (χ1) is 17.2. The van der Waals surface area contributed by atoms with Gasteiger partial charge < -0.3 is 20.3 Å². The van der Waals surface area contributed by atoms with Crippen molar-refractivity contribution in [2.24, 2.45) is 0 Å². The zero-order valence-corrected chi connectivity index (χ0v) is 23.2. The van der Waals surface area contributed by atoms with Gasteiger partial charge in [-0.15, -0.1) is 11.3 Å². The van der Waals surface area contributed by atoms with E-state index in [4.69, 9.17) is 27.9 Å². The molecule has 1 fully saturated rings. The van der Waals surface area contributed by atoms with Gasteiger partial charge in [0.2, 0.25) is 5.91 Å². The molecular formula is C24H27Cl2FN4O5S. The number of rotatable bonds is 5. The predicted molar refractivity (Wildman–Crippen MR) is 141 cm³/mol. The number of urea groups is 1. The summed E-state index contributed by atoms with van der Waals surface area (Å²) in [4.78, 5) is 53.6. The number of piperazine rings is 1. The largest absolute Gasteiger partial charge is 0.469 e. The number of amides is 4. The molecule has 0 bridgehead atoms. The lowest BCUT2D eigenvalue weighted by atomic mass is 9.90. The minimum atomic E-state index is -1.50. The quantitative estimate of drug-likeness (QED) is 0.343. The molecule has 4 amide bonds. The summed E-state index contributed by atoms with van der Waals surface area (Å²) < 4.78 is 18.4. The van der Waals surface area contributed by atoms with Gasteiger partial charge >= 0.3 is 12.0 Å². The van der Waals surface area contributed by atoms with Gasteiger partial charge in [-0.3, -0.25) is 19.7 Å². The summed E-state index contributed by atoms with van der Waals surface area (Å²) in [6.45, 7) is 7.69. The molecule has 37 heavy (non-hydrogen) atoms. The fourth-order valence-corrected chi connectivity index (χ4v) is 5.20. The minimum absolute atomic E-state index is 0.0735. The highest BCUT2D eigenvalue weighted by molar-refractivity contribution is 7.16. The van der Waals surface area contributed by atoms with E-state index in [9.17, 15) is 23.6 Å². The van der Waals surface area contributed by atoms with E-state index < -0.39 is 35.2 Å². The highest BCUT2D eigenvalue weighted by atomic mass is 35.5. The number of carbonyl (C=O) groups is 4. The van der Waals surface area contributed by atoms with Crippen molar-refractivity contribution in [2.75, 3.05) is 30.8 Å². The van der Waals surface area contributed by atoms with E-state index in [1.807, 2.05) is 20.8 Å². The second-order valence-electron chi connectivity index (χ2n) is 9.64. The van der Waals surface area contributed by atoms with Crippen molar-refractivity contribution in [3.63, 3.8) is 0 Å². The molecule has 1 atom stereocenters. The predicted octanol–water partition coefficient (Wildman–Crippen LogP) is 5.03. The first-order valence-electron chi connectivity index (χ1n) is 11.2. The monoisotopic (exact) mass is 572 g/mol. The van der Waals surface area contributed by atoms with Crippen LogP contribution in [0.5, 0.6) is 0 Å². The maximum atomic E-state index is 13.8. The molecule has 1 aromatic heterocycles. The molecular weight excluding hydrogens is 546 g/mol. The van der Waals surface area contributed by atoms with Crippen molar-refractivity contribution >= 4 is 69.0 Å². The Morgan fingerprint density at radius 2 is 1.89 bits per heavy atom. The number of hydrogen-bond acceptors (Lipinski definition) is 6. The molecule has 2 heterocycles. The van der Waals surface area contributed by atoms with Crippen LogP contribution in [0.4, 0.5) is 19.9 Å². The van der Waals surface area contributed by atoms with Gasteiger partial charge in [-0.1, -0.05) is 44.0 Å². The molecule has 3 N–H and O–H groups in total. The standard InChI is InChI=1S/C24H27Cl2FN4O5S/c1-23(2,3)15-10-12(20(33)31-9-8-28-21(34)24(31,4)11-16(32)36-5)19(37-15)30-22(35)29-14-7-6-13(27)17(25)18(14)26/h6-7,10H,8-9,11H2,1-5H3,(H,28,34)(H2,29,30,35). The molecule has 9 nitrogen and oxygen atoms in total. The second-order valence-corrected chi connectivity index (χ2v) is 11.5. The van der Waals surface area contributed by atoms with E-state index in [0.29, 0.717) is 0 Å². The van der Waals surface area contributed by atoms with E-state index in [1.165, 1.54) is 36.3 Å². The number of nitrogens with zero attached hydrogens (tertiary/aromatic N) is 1. The Bertz CT molecular complexity index is 1260. The van der Waals surface area contributed by atoms with Gasteiger partial charge in [0.15, 0.2) is 0 Å². The average molecular weight is 573 g/mol. The number of ether oxygens (including phenoxy) is 1. The van der Waals surface area contributed by atoms with E-state index >= 15 is 0 Å². The fraction of sp³-hybridized carbons (Fsp3) is 0.417. The van der Waals surface area contributed by atoms with Crippen LogP contribution in [0.25, 0.3) is 0 Å². The first kappa shape index (κ1) is 28.7. The number of benzene rings is 1. The Labute approximate surface area is 227 Å². The Morgan fingerprint density at radius 3 is 2.51 bits per heavy atom. The lowest BCUT2D eigenvalue weighted by Gasteiger charge is -2.43. The summed E-state index contributed by atoms with van der Waals surface area (Å²) in [5.41, 5.74) is -1.63. The number of halogens is 3. The maximum Gasteiger partial charge on any atom is 0.324 e. The molecule has 0 aliphatic carbocycles. The molecule has 1 aromatic carbocycles. The molecule has 0 spiro atoms. The smallest absolute Gasteiger partial charge is 0.324 e. The summed E-state index contributed by atoms with van der Waals surface area (Å²) in [7, 11) is 1.20. The van der Waals surface area contributed by atoms with Crippen LogP contribution in [-0.2, 0) is 19.7 Å². The van der Waals surface area contributed by atoms with E-state index in [2.05, 4.69) is 16.0 Å². The second kappa shape index (κ2) is 10.8. The van der Waals surface area contributed by atoms with E-state index in [-0.39, 0.29) is 51.2 Å². The SMILES string of the molecule is COC(=O)CC1(C)C(=O)NCCN1C(=O)c1cc(C(C)(C)C)sc1NC(=O)Nc1ccc(F)c(Cl)c1Cl. The molecule has 1 aliphatic heterocycles. The number of anilines is 2. The lowest BCUT2D eigenvalue weighted by molar-refractivity contribution is -0.149. The number of esters is 1. The van der Waals surface area contributed by atoms with Crippen molar-refractivity contribution < 1.29 is 28.3 Å². The van der Waals surface area contributed by atoms with Gasteiger partial charge in [-0.2, -0.15) is 0 Å². The van der Waals surface area contributed by atoms with Gasteiger partial charge in [0, 0.05) is 18.0 Å². The lowest BCUT2D eigenvalue weighted by Crippen LogP contribution is -2.65. The summed E-state index contributed by atoms with van der Waals surface area (Å²) in [6.07, 6.45) is -0.343. The third kappa shape index (κ3) is 6.00. The summed E-state index contributed by atoms with van der Waals surface area (Å²) >= 11 is 13.1. The van der Waals surface area contributed by atoms with E-state index in [1.54, 1.807) is 6.07 Å². The minimum Gasteiger partial charge on any atom is -0.469 e. The van der Waals surface area contributed by atoms with Crippen LogP contribution < -0.4 is 16.0 Å². The van der Waals surface area contributed by atoms with Crippen LogP contribution in [-0.4, -0.2) is 54.5 Å². The van der Waals surface area contributed by atoms with Crippen LogP contribution >= 0.6 is 34.5 Å². The molecule has 200 valence electrons. The molecule has 2 aromatic rings. The van der Waals surface area contributed by atoms with Crippen molar-refractivity contribution in [1.82, 2.24) is 10.2 Å². The fourth-order valence-electron chi connectivity index (χ4n) is 3.73. The van der Waals surface area contributed by atoms with Crippen molar-refractivity contribution in [3.8, 4) is 0 Å². The van der Waals surface area contributed by atoms with Gasteiger partial charge in [0.05, 0.1) is 34.8 Å². The molecule has 1 unspecified atom stereocenters. The van der Waals surface area contributed by atoms with Crippen LogP contribution in [0.1, 0.15) is 49.4 Å². The highest BCUT2D eigenvalue weighted by Gasteiger charge is 2.47. The van der Waals surface area contributed by atoms with Gasteiger partial charge in [-0.05, 0) is 30.5 Å². The molecule has 0 saturated carbocycles. The molecule has 1 aliphatic rings. The Hall–Kier alpha value is -2.89. The van der Waals surface area contributed by atoms with Gasteiger partial charge in [0.25, 0.3) is 5.91 Å². The van der Waals surface area contributed by atoms with Crippen LogP contribution in [0, 0.1) is 5.82 Å². The number of methoxy groups -OCH3 is 1. The van der Waals surface area contributed by atoms with Crippen LogP contribution in [0.3, 0.4) is 0 Å². The third-order valence-electron chi connectivity index (χ3n) is 5.88. The maximum absolute atomic E-state index is 13.8. The average Bonchev–Trinajstić information content (AvgIpc) is 3.25. The summed E-state index contributed by atoms with van der Waals surface area (Å²) in [6, 6.07) is 3.24. The number of hydrogen-bond donors (Lipinski definition) is 3. The van der Waals surface area contributed by atoms with Crippen molar-refractivity contribution in [1.29, 1.82) is 0 Å². The highest BCUT2D eigenvalue weighted by Crippen LogP contribution is 2.38. The van der Waals surface area contributed by atoms with Crippen LogP contribution in [0.2, 0.25) is 10.0 Å². The molecule has 3 rings (SSSR count). The van der Waals surface area contributed by atoms with Crippen LogP contribution in [0.15, 0.2) is 18.2 Å². The molecule has 0 radical (unpaired) electrons. The third-order valence-corrected chi connectivity index (χ3v) is 8.21. The number of thiophene rings is 1. The normalized spacial score (nSPS) is 17.7. The zero-order chi connectivity index (χ0) is 27.7. The number of carbonyl (C=O) groups excluding carboxylic acids is 4. The molecule has 1 saturated heterocycles. The summed E-state index contributed by atoms with van der Waals surface area (Å²) in [5, 5.41) is 7.56. The number of nitrogens with one attached hydrogen (secondary N) is 3. The first-order valence-corrected chi connectivity index (χ1v) is 12.8.